The zero-order valence-electron chi connectivity index (χ0n) is 9.37. The lowest BCUT2D eigenvalue weighted by atomic mass is 10.0. The van der Waals surface area contributed by atoms with Crippen LogP contribution in [0.2, 0.25) is 0 Å². The van der Waals surface area contributed by atoms with E-state index in [9.17, 15) is 9.90 Å². The van der Waals surface area contributed by atoms with Crippen molar-refractivity contribution in [2.45, 2.75) is 18.9 Å². The summed E-state index contributed by atoms with van der Waals surface area (Å²) in [5, 5.41) is 19.1. The zero-order valence-corrected chi connectivity index (χ0v) is 9.37. The van der Waals surface area contributed by atoms with Gasteiger partial charge in [-0.25, -0.2) is 0 Å². The fraction of sp³-hybridized carbons (Fsp3) is 0.417. The van der Waals surface area contributed by atoms with Crippen LogP contribution in [0.15, 0.2) is 24.3 Å². The molecule has 17 heavy (non-hydrogen) atoms. The highest BCUT2D eigenvalue weighted by atomic mass is 16.7. The Labute approximate surface area is 99.2 Å². The third-order valence-electron chi connectivity index (χ3n) is 2.65. The van der Waals surface area contributed by atoms with Crippen LogP contribution >= 0.6 is 0 Å². The Balaban J connectivity index is 2.13. The molecule has 0 unspecified atom stereocenters. The van der Waals surface area contributed by atoms with Gasteiger partial charge in [-0.3, -0.25) is 9.63 Å². The first kappa shape index (κ1) is 12.0. The van der Waals surface area contributed by atoms with Crippen molar-refractivity contribution >= 4 is 11.6 Å². The van der Waals surface area contributed by atoms with Gasteiger partial charge in [0.05, 0.1) is 12.3 Å². The zero-order chi connectivity index (χ0) is 12.3. The van der Waals surface area contributed by atoms with E-state index >= 15 is 0 Å². The first-order valence-corrected chi connectivity index (χ1v) is 5.55. The summed E-state index contributed by atoms with van der Waals surface area (Å²) in [4.78, 5) is 17.0. The monoisotopic (exact) mass is 237 g/mol. The van der Waals surface area contributed by atoms with Crippen molar-refractivity contribution in [2.24, 2.45) is 0 Å². The summed E-state index contributed by atoms with van der Waals surface area (Å²) in [5.41, 5.74) is 1.76. The number of hydrogen-bond donors (Lipinski definition) is 2. The Bertz CT molecular complexity index is 407. The predicted octanol–water partition coefficient (Wildman–Crippen LogP) is 0.251. The molecule has 2 N–H and O–H groups in total. The number of carbonyl (C=O) groups is 1. The van der Waals surface area contributed by atoms with Crippen molar-refractivity contribution in [3.8, 4) is 0 Å². The van der Waals surface area contributed by atoms with Crippen LogP contribution in [0.4, 0.5) is 5.69 Å². The summed E-state index contributed by atoms with van der Waals surface area (Å²) in [7, 11) is 0. The summed E-state index contributed by atoms with van der Waals surface area (Å²) in [6.45, 7) is -0.486. The second-order valence-electron chi connectivity index (χ2n) is 3.95. The van der Waals surface area contributed by atoms with Crippen molar-refractivity contribution in [3.05, 3.63) is 29.8 Å². The van der Waals surface area contributed by atoms with E-state index in [1.807, 2.05) is 18.2 Å². The van der Waals surface area contributed by atoms with Gasteiger partial charge in [0.1, 0.15) is 12.7 Å². The van der Waals surface area contributed by atoms with Crippen LogP contribution in [0.3, 0.4) is 0 Å². The first-order valence-electron chi connectivity index (χ1n) is 5.55. The summed E-state index contributed by atoms with van der Waals surface area (Å²) in [6, 6.07) is 7.49. The van der Waals surface area contributed by atoms with Gasteiger partial charge in [0.25, 0.3) is 5.91 Å². The minimum Gasteiger partial charge on any atom is -0.394 e. The van der Waals surface area contributed by atoms with E-state index in [-0.39, 0.29) is 19.1 Å². The molecule has 92 valence electrons. The van der Waals surface area contributed by atoms with Crippen LogP contribution in [0.1, 0.15) is 12.0 Å². The fourth-order valence-electron chi connectivity index (χ4n) is 1.75. The van der Waals surface area contributed by atoms with Gasteiger partial charge in [0, 0.05) is 6.42 Å². The molecule has 0 fully saturated rings. The van der Waals surface area contributed by atoms with E-state index < -0.39 is 6.10 Å². The molecule has 0 aromatic heterocycles. The molecule has 1 aliphatic heterocycles. The van der Waals surface area contributed by atoms with E-state index in [0.717, 1.165) is 5.56 Å². The maximum absolute atomic E-state index is 11.7. The number of carbonyl (C=O) groups excluding carboxylic acids is 1. The van der Waals surface area contributed by atoms with Gasteiger partial charge in [0.2, 0.25) is 0 Å². The Kier molecular flexibility index (Phi) is 3.73. The van der Waals surface area contributed by atoms with Crippen LogP contribution in [-0.4, -0.2) is 35.4 Å². The molecule has 5 nitrogen and oxygen atoms in total. The minimum atomic E-state index is -0.975. The molecule has 0 aliphatic carbocycles. The number of fused-ring (bicyclic) bond motifs is 1. The molecule has 2 rings (SSSR count). The van der Waals surface area contributed by atoms with E-state index in [0.29, 0.717) is 18.5 Å². The van der Waals surface area contributed by atoms with Crippen LogP contribution in [0.5, 0.6) is 0 Å². The molecule has 0 saturated heterocycles. The lowest BCUT2D eigenvalue weighted by Gasteiger charge is -2.28. The summed E-state index contributed by atoms with van der Waals surface area (Å²) in [6.07, 6.45) is 0.126. The average Bonchev–Trinajstić information content (AvgIpc) is 2.37. The van der Waals surface area contributed by atoms with Gasteiger partial charge < -0.3 is 10.2 Å². The molecular formula is C12H15NO4. The number of aryl methyl sites for hydroxylation is 1. The number of hydrogen-bond acceptors (Lipinski definition) is 4. The second kappa shape index (κ2) is 5.27. The van der Waals surface area contributed by atoms with Gasteiger partial charge >= 0.3 is 0 Å². The van der Waals surface area contributed by atoms with Crippen molar-refractivity contribution < 1.29 is 19.8 Å². The van der Waals surface area contributed by atoms with Crippen molar-refractivity contribution in [3.63, 3.8) is 0 Å². The molecule has 0 spiro atoms. The lowest BCUT2D eigenvalue weighted by molar-refractivity contribution is -0.128. The molecule has 1 amide bonds. The van der Waals surface area contributed by atoms with Crippen LogP contribution < -0.4 is 5.06 Å². The van der Waals surface area contributed by atoms with E-state index in [1.165, 1.54) is 5.06 Å². The number of amides is 1. The Hall–Kier alpha value is -1.43. The van der Waals surface area contributed by atoms with Crippen molar-refractivity contribution in [1.82, 2.24) is 0 Å². The predicted molar refractivity (Wildman–Crippen MR) is 61.3 cm³/mol. The molecule has 1 aromatic carbocycles. The number of aliphatic hydroxyl groups excluding tert-OH is 2. The van der Waals surface area contributed by atoms with E-state index in [2.05, 4.69) is 0 Å². The lowest BCUT2D eigenvalue weighted by Crippen LogP contribution is -2.38. The molecule has 0 radical (unpaired) electrons. The third kappa shape index (κ3) is 2.63. The highest BCUT2D eigenvalue weighted by molar-refractivity contribution is 5.94. The van der Waals surface area contributed by atoms with Crippen molar-refractivity contribution in [2.75, 3.05) is 18.3 Å². The van der Waals surface area contributed by atoms with Gasteiger partial charge in [0.15, 0.2) is 0 Å². The molecule has 1 aromatic rings. The number of benzene rings is 1. The molecule has 1 aliphatic rings. The Morgan fingerprint density at radius 1 is 1.35 bits per heavy atom. The maximum Gasteiger partial charge on any atom is 0.251 e. The summed E-state index contributed by atoms with van der Waals surface area (Å²) in [5.74, 6) is -0.131. The molecule has 0 bridgehead atoms. The molecule has 5 heteroatoms. The summed E-state index contributed by atoms with van der Waals surface area (Å²) < 4.78 is 0. The number of nitrogens with zero attached hydrogens (tertiary/aromatic N) is 1. The van der Waals surface area contributed by atoms with Gasteiger partial charge in [-0.2, -0.15) is 5.06 Å². The molecule has 0 saturated carbocycles. The maximum atomic E-state index is 11.7. The van der Waals surface area contributed by atoms with Crippen LogP contribution in [-0.2, 0) is 16.1 Å². The highest BCUT2D eigenvalue weighted by Crippen LogP contribution is 2.27. The summed E-state index contributed by atoms with van der Waals surface area (Å²) >= 11 is 0. The standard InChI is InChI=1S/C12H15NO4/c14-7-10(15)8-17-13-11-4-2-1-3-9(11)5-6-12(13)16/h1-4,10,14-15H,5-8H2/t10-/m0/s1. The minimum absolute atomic E-state index is 0.101. The number of aliphatic hydroxyl groups is 2. The number of hydroxylamine groups is 1. The number of anilines is 1. The third-order valence-corrected chi connectivity index (χ3v) is 2.65. The van der Waals surface area contributed by atoms with Gasteiger partial charge in [-0.1, -0.05) is 18.2 Å². The first-order chi connectivity index (χ1) is 8.22. The second-order valence-corrected chi connectivity index (χ2v) is 3.95. The molecular weight excluding hydrogens is 222 g/mol. The topological polar surface area (TPSA) is 70.0 Å². The number of para-hydroxylation sites is 1. The van der Waals surface area contributed by atoms with Gasteiger partial charge in [-0.15, -0.1) is 0 Å². The van der Waals surface area contributed by atoms with E-state index in [4.69, 9.17) is 9.94 Å². The van der Waals surface area contributed by atoms with Gasteiger partial charge in [-0.05, 0) is 18.1 Å². The highest BCUT2D eigenvalue weighted by Gasteiger charge is 2.25. The van der Waals surface area contributed by atoms with E-state index in [1.54, 1.807) is 6.07 Å². The smallest absolute Gasteiger partial charge is 0.251 e. The average molecular weight is 237 g/mol. The number of rotatable bonds is 4. The SMILES string of the molecule is O=C1CCc2ccccc2N1OC[C@@H](O)CO. The largest absolute Gasteiger partial charge is 0.394 e. The quantitative estimate of drug-likeness (QED) is 0.787. The Morgan fingerprint density at radius 2 is 2.12 bits per heavy atom. The Morgan fingerprint density at radius 3 is 2.88 bits per heavy atom. The molecule has 1 heterocycles. The van der Waals surface area contributed by atoms with Crippen molar-refractivity contribution in [1.29, 1.82) is 0 Å². The molecule has 1 atom stereocenters. The normalized spacial score (nSPS) is 16.8. The van der Waals surface area contributed by atoms with Crippen LogP contribution in [0.25, 0.3) is 0 Å². The van der Waals surface area contributed by atoms with Crippen LogP contribution in [0, 0.1) is 0 Å². The fourth-order valence-corrected chi connectivity index (χ4v) is 1.75.